The van der Waals surface area contributed by atoms with E-state index >= 15 is 0 Å². The number of fused-ring (bicyclic) bond motifs is 1. The number of amides is 1. The lowest BCUT2D eigenvalue weighted by molar-refractivity contribution is 0.0948. The molecule has 0 spiro atoms. The van der Waals surface area contributed by atoms with Crippen LogP contribution in [0.2, 0.25) is 0 Å². The van der Waals surface area contributed by atoms with Crippen LogP contribution in [0.15, 0.2) is 67.4 Å². The fourth-order valence-corrected chi connectivity index (χ4v) is 2.88. The molecule has 0 fully saturated rings. The first kappa shape index (κ1) is 16.0. The minimum atomic E-state index is -0.207. The average molecular weight is 343 g/mol. The Labute approximate surface area is 150 Å². The number of carbonyl (C=O) groups excluding carboxylic acids is 1. The van der Waals surface area contributed by atoms with E-state index in [2.05, 4.69) is 20.3 Å². The Morgan fingerprint density at radius 3 is 2.73 bits per heavy atom. The van der Waals surface area contributed by atoms with Crippen LogP contribution >= 0.6 is 0 Å². The number of nitrogens with one attached hydrogen (secondary N) is 1. The summed E-state index contributed by atoms with van der Waals surface area (Å²) in [5.41, 5.74) is 3.98. The monoisotopic (exact) mass is 343 g/mol. The molecule has 4 rings (SSSR count). The van der Waals surface area contributed by atoms with Crippen molar-refractivity contribution in [2.45, 2.75) is 6.54 Å². The van der Waals surface area contributed by atoms with Gasteiger partial charge in [0.1, 0.15) is 5.69 Å². The average Bonchev–Trinajstić information content (AvgIpc) is 3.08. The molecule has 0 bridgehead atoms. The third kappa shape index (κ3) is 3.04. The van der Waals surface area contributed by atoms with Crippen molar-refractivity contribution in [3.8, 4) is 11.3 Å². The molecule has 0 aliphatic heterocycles. The Balaban J connectivity index is 1.72. The summed E-state index contributed by atoms with van der Waals surface area (Å²) in [6.45, 7) is 0.405. The predicted octanol–water partition coefficient (Wildman–Crippen LogP) is 2.96. The molecule has 128 valence electrons. The number of hydrogen-bond acceptors (Lipinski definition) is 4. The standard InChI is InChI=1S/C20H17N5O/c1-25-10-6-16-18(25)11-17(15-4-8-21-9-5-15)24-19(16)20(26)23-13-14-3-2-7-22-12-14/h2-12H,13H2,1H3,(H,23,26). The molecule has 26 heavy (non-hydrogen) atoms. The molecule has 4 aromatic heterocycles. The Morgan fingerprint density at radius 1 is 1.12 bits per heavy atom. The molecule has 4 heterocycles. The summed E-state index contributed by atoms with van der Waals surface area (Å²) < 4.78 is 1.99. The van der Waals surface area contributed by atoms with E-state index in [9.17, 15) is 4.79 Å². The second kappa shape index (κ2) is 6.76. The Bertz CT molecular complexity index is 1060. The maximum atomic E-state index is 12.8. The van der Waals surface area contributed by atoms with Gasteiger partial charge in [-0.25, -0.2) is 4.98 Å². The summed E-state index contributed by atoms with van der Waals surface area (Å²) in [7, 11) is 1.95. The van der Waals surface area contributed by atoms with E-state index in [1.165, 1.54) is 0 Å². The van der Waals surface area contributed by atoms with Crippen LogP contribution in [-0.2, 0) is 13.6 Å². The van der Waals surface area contributed by atoms with E-state index in [1.54, 1.807) is 24.8 Å². The van der Waals surface area contributed by atoms with E-state index < -0.39 is 0 Å². The third-order valence-corrected chi connectivity index (χ3v) is 4.25. The fourth-order valence-electron chi connectivity index (χ4n) is 2.88. The van der Waals surface area contributed by atoms with Crippen LogP contribution < -0.4 is 5.32 Å². The molecular formula is C20H17N5O. The summed E-state index contributed by atoms with van der Waals surface area (Å²) in [5, 5.41) is 3.76. The van der Waals surface area contributed by atoms with Gasteiger partial charge >= 0.3 is 0 Å². The Hall–Kier alpha value is -3.54. The zero-order chi connectivity index (χ0) is 17.9. The highest BCUT2D eigenvalue weighted by molar-refractivity contribution is 6.05. The summed E-state index contributed by atoms with van der Waals surface area (Å²) in [6, 6.07) is 11.4. The molecular weight excluding hydrogens is 326 g/mol. The zero-order valence-electron chi connectivity index (χ0n) is 14.3. The van der Waals surface area contributed by atoms with Crippen molar-refractivity contribution in [3.05, 3.63) is 78.6 Å². The molecule has 0 saturated carbocycles. The SMILES string of the molecule is Cn1ccc2c(C(=O)NCc3cccnc3)nc(-c3ccncc3)cc21. The fraction of sp³-hybridized carbons (Fsp3) is 0.100. The molecule has 0 aliphatic rings. The molecule has 0 atom stereocenters. The van der Waals surface area contributed by atoms with Gasteiger partial charge in [-0.15, -0.1) is 0 Å². The van der Waals surface area contributed by atoms with Crippen molar-refractivity contribution in [1.29, 1.82) is 0 Å². The van der Waals surface area contributed by atoms with Gasteiger partial charge in [0.05, 0.1) is 11.2 Å². The van der Waals surface area contributed by atoms with Crippen LogP contribution in [0.25, 0.3) is 22.2 Å². The molecule has 6 nitrogen and oxygen atoms in total. The lowest BCUT2D eigenvalue weighted by Gasteiger charge is -2.09. The minimum Gasteiger partial charge on any atom is -0.350 e. The summed E-state index contributed by atoms with van der Waals surface area (Å²) in [6.07, 6.45) is 8.81. The van der Waals surface area contributed by atoms with Crippen molar-refractivity contribution in [2.24, 2.45) is 7.05 Å². The normalized spacial score (nSPS) is 10.8. The Kier molecular flexibility index (Phi) is 4.15. The highest BCUT2D eigenvalue weighted by atomic mass is 16.1. The van der Waals surface area contributed by atoms with Crippen LogP contribution in [0.1, 0.15) is 16.1 Å². The van der Waals surface area contributed by atoms with Crippen LogP contribution in [0.4, 0.5) is 0 Å². The van der Waals surface area contributed by atoms with E-state index in [1.807, 2.05) is 54.2 Å². The summed E-state index contributed by atoms with van der Waals surface area (Å²) in [5.74, 6) is -0.207. The number of carbonyl (C=O) groups is 1. The van der Waals surface area contributed by atoms with Gasteiger partial charge in [0.25, 0.3) is 5.91 Å². The van der Waals surface area contributed by atoms with Crippen molar-refractivity contribution < 1.29 is 4.79 Å². The van der Waals surface area contributed by atoms with E-state index in [4.69, 9.17) is 0 Å². The number of pyridine rings is 3. The first-order chi connectivity index (χ1) is 12.7. The summed E-state index contributed by atoms with van der Waals surface area (Å²) in [4.78, 5) is 25.5. The minimum absolute atomic E-state index is 0.207. The molecule has 0 radical (unpaired) electrons. The predicted molar refractivity (Wildman–Crippen MR) is 99.4 cm³/mol. The van der Waals surface area contributed by atoms with Gasteiger partial charge in [-0.1, -0.05) is 6.07 Å². The van der Waals surface area contributed by atoms with Crippen LogP contribution in [0.3, 0.4) is 0 Å². The van der Waals surface area contributed by atoms with Gasteiger partial charge < -0.3 is 9.88 Å². The topological polar surface area (TPSA) is 72.7 Å². The maximum Gasteiger partial charge on any atom is 0.270 e. The largest absolute Gasteiger partial charge is 0.350 e. The van der Waals surface area contributed by atoms with Gasteiger partial charge in [-0.3, -0.25) is 14.8 Å². The van der Waals surface area contributed by atoms with Crippen LogP contribution in [-0.4, -0.2) is 25.4 Å². The van der Waals surface area contributed by atoms with Crippen molar-refractivity contribution in [3.63, 3.8) is 0 Å². The lowest BCUT2D eigenvalue weighted by atomic mass is 10.1. The van der Waals surface area contributed by atoms with Crippen molar-refractivity contribution in [2.75, 3.05) is 0 Å². The number of nitrogens with zero attached hydrogens (tertiary/aromatic N) is 4. The number of hydrogen-bond donors (Lipinski definition) is 1. The molecule has 0 aliphatic carbocycles. The third-order valence-electron chi connectivity index (χ3n) is 4.25. The Morgan fingerprint density at radius 2 is 1.96 bits per heavy atom. The molecule has 0 saturated heterocycles. The molecule has 6 heteroatoms. The van der Waals surface area contributed by atoms with E-state index in [0.717, 1.165) is 27.7 Å². The maximum absolute atomic E-state index is 12.8. The van der Waals surface area contributed by atoms with Gasteiger partial charge in [0.2, 0.25) is 0 Å². The molecule has 0 unspecified atom stereocenters. The zero-order valence-corrected chi connectivity index (χ0v) is 14.3. The second-order valence-electron chi connectivity index (χ2n) is 6.00. The second-order valence-corrected chi connectivity index (χ2v) is 6.00. The quantitative estimate of drug-likeness (QED) is 0.618. The first-order valence-corrected chi connectivity index (χ1v) is 8.26. The highest BCUT2D eigenvalue weighted by Gasteiger charge is 2.16. The highest BCUT2D eigenvalue weighted by Crippen LogP contribution is 2.25. The first-order valence-electron chi connectivity index (χ1n) is 8.26. The lowest BCUT2D eigenvalue weighted by Crippen LogP contribution is -2.24. The van der Waals surface area contributed by atoms with Gasteiger partial charge in [0, 0.05) is 55.5 Å². The number of aryl methyl sites for hydroxylation is 1. The smallest absolute Gasteiger partial charge is 0.270 e. The van der Waals surface area contributed by atoms with Gasteiger partial charge in [-0.05, 0) is 35.9 Å². The van der Waals surface area contributed by atoms with Gasteiger partial charge in [-0.2, -0.15) is 0 Å². The molecule has 4 aromatic rings. The molecule has 1 amide bonds. The van der Waals surface area contributed by atoms with E-state index in [0.29, 0.717) is 12.2 Å². The molecule has 0 aromatic carbocycles. The molecule has 1 N–H and O–H groups in total. The van der Waals surface area contributed by atoms with E-state index in [-0.39, 0.29) is 5.91 Å². The van der Waals surface area contributed by atoms with Gasteiger partial charge in [0.15, 0.2) is 0 Å². The van der Waals surface area contributed by atoms with Crippen LogP contribution in [0, 0.1) is 0 Å². The van der Waals surface area contributed by atoms with Crippen molar-refractivity contribution >= 4 is 16.8 Å². The number of aromatic nitrogens is 4. The summed E-state index contributed by atoms with van der Waals surface area (Å²) >= 11 is 0. The van der Waals surface area contributed by atoms with Crippen molar-refractivity contribution in [1.82, 2.24) is 24.8 Å². The number of rotatable bonds is 4. The van der Waals surface area contributed by atoms with Crippen LogP contribution in [0.5, 0.6) is 0 Å².